The summed E-state index contributed by atoms with van der Waals surface area (Å²) in [4.78, 5) is 47.6. The molecule has 2 unspecified atom stereocenters. The van der Waals surface area contributed by atoms with Crippen LogP contribution in [-0.2, 0) is 84.2 Å². The summed E-state index contributed by atoms with van der Waals surface area (Å²) < 4.78 is 103. The number of carbonyl (C=O) groups is 2. The van der Waals surface area contributed by atoms with E-state index in [9.17, 15) is 105 Å². The number of aliphatic hydroxyl groups is 15. The van der Waals surface area contributed by atoms with Crippen LogP contribution >= 0.6 is 15.6 Å². The molecule has 39 heteroatoms. The third kappa shape index (κ3) is 32.9. The van der Waals surface area contributed by atoms with E-state index in [0.29, 0.717) is 19.3 Å². The van der Waals surface area contributed by atoms with Crippen LogP contribution in [-0.4, -0.2) is 317 Å². The van der Waals surface area contributed by atoms with Crippen molar-refractivity contribution in [1.82, 2.24) is 0 Å². The first-order valence-electron chi connectivity index (χ1n) is 39.2. The van der Waals surface area contributed by atoms with Crippen molar-refractivity contribution in [2.45, 2.75) is 359 Å². The van der Waals surface area contributed by atoms with E-state index in [1.807, 2.05) is 0 Å². The van der Waals surface area contributed by atoms with Crippen molar-refractivity contribution < 1.29 is 171 Å². The summed E-state index contributed by atoms with van der Waals surface area (Å²) in [6, 6.07) is -1.90. The molecule has 110 heavy (non-hydrogen) atoms. The zero-order valence-electron chi connectivity index (χ0n) is 63.4. The molecule has 4 saturated heterocycles. The summed E-state index contributed by atoms with van der Waals surface area (Å²) in [7, 11) is -10.4. The molecule has 644 valence electrons. The van der Waals surface area contributed by atoms with Gasteiger partial charge in [-0.25, -0.2) is 9.13 Å². The Morgan fingerprint density at radius 2 is 0.818 bits per heavy atom. The van der Waals surface area contributed by atoms with Gasteiger partial charge in [0.05, 0.1) is 45.7 Å². The summed E-state index contributed by atoms with van der Waals surface area (Å²) >= 11 is 0. The molecule has 21 N–H and O–H groups in total. The number of allylic oxidation sites excluding steroid dienone is 4. The van der Waals surface area contributed by atoms with E-state index < -0.39 is 239 Å². The summed E-state index contributed by atoms with van der Waals surface area (Å²) in [5, 5.41) is 165. The van der Waals surface area contributed by atoms with Gasteiger partial charge in [-0.3, -0.25) is 27.7 Å². The summed E-state index contributed by atoms with van der Waals surface area (Å²) in [6.45, 7) is -1.81. The quantitative estimate of drug-likeness (QED) is 0.0167. The minimum atomic E-state index is -5.60. The van der Waals surface area contributed by atoms with E-state index in [4.69, 9.17) is 72.4 Å². The molecule has 0 aromatic carbocycles. The van der Waals surface area contributed by atoms with Crippen LogP contribution in [0.1, 0.15) is 194 Å². The number of phosphoric acid groups is 2. The average molecular weight is 1630 g/mol. The highest BCUT2D eigenvalue weighted by atomic mass is 31.2. The van der Waals surface area contributed by atoms with E-state index >= 15 is 0 Å². The minimum Gasteiger partial charge on any atom is -0.462 e. The fourth-order valence-electron chi connectivity index (χ4n) is 13.2. The topological polar surface area (TPSA) is 593 Å². The van der Waals surface area contributed by atoms with Crippen LogP contribution in [0, 0.1) is 0 Å². The number of hydrogen-bond donors (Lipinski definition) is 19. The number of carbonyl (C=O) groups excluding carboxylic acids is 2. The maximum atomic E-state index is 13.9. The molecule has 4 heterocycles. The molecule has 5 aliphatic rings. The number of phosphoric ester groups is 2. The van der Waals surface area contributed by atoms with Crippen molar-refractivity contribution in [2.75, 3.05) is 52.8 Å². The Hall–Kier alpha value is -2.36. The van der Waals surface area contributed by atoms with Crippen LogP contribution in [0.3, 0.4) is 0 Å². The molecule has 0 spiro atoms. The average Bonchev–Trinajstić information content (AvgIpc) is 0.778. The van der Waals surface area contributed by atoms with E-state index in [2.05, 4.69) is 42.7 Å². The van der Waals surface area contributed by atoms with Crippen LogP contribution in [0.25, 0.3) is 0 Å². The monoisotopic (exact) mass is 1630 g/mol. The maximum Gasteiger partial charge on any atom is 0.472 e. The van der Waals surface area contributed by atoms with Crippen LogP contribution in [0.15, 0.2) is 24.3 Å². The predicted octanol–water partition coefficient (Wildman–Crippen LogP) is 0.200. The number of esters is 2. The first kappa shape index (κ1) is 98.2. The van der Waals surface area contributed by atoms with Crippen molar-refractivity contribution in [2.24, 2.45) is 11.5 Å². The molecule has 1 saturated carbocycles. The van der Waals surface area contributed by atoms with Gasteiger partial charge in [0, 0.05) is 19.4 Å². The lowest BCUT2D eigenvalue weighted by Crippen LogP contribution is -2.69. The lowest BCUT2D eigenvalue weighted by Gasteiger charge is -2.49. The molecular weight excluding hydrogens is 1500 g/mol. The lowest BCUT2D eigenvalue weighted by atomic mass is 9.84. The number of hydrogen-bond acceptors (Lipinski definition) is 35. The third-order valence-electron chi connectivity index (χ3n) is 19.9. The summed E-state index contributed by atoms with van der Waals surface area (Å²) in [5.41, 5.74) is 11.7. The second-order valence-electron chi connectivity index (χ2n) is 28.8. The Kier molecular flexibility index (Phi) is 46.8. The van der Waals surface area contributed by atoms with Gasteiger partial charge in [-0.05, 0) is 64.2 Å². The second kappa shape index (κ2) is 52.4. The van der Waals surface area contributed by atoms with Crippen LogP contribution in [0.5, 0.6) is 0 Å². The molecule has 5 fully saturated rings. The largest absolute Gasteiger partial charge is 0.472 e. The van der Waals surface area contributed by atoms with Gasteiger partial charge in [-0.1, -0.05) is 141 Å². The normalized spacial score (nSPS) is 35.1. The molecule has 0 aromatic heterocycles. The predicted molar refractivity (Wildman–Crippen MR) is 387 cm³/mol. The van der Waals surface area contributed by atoms with Crippen molar-refractivity contribution >= 4 is 27.6 Å². The Balaban J connectivity index is 1.21. The number of rotatable bonds is 55. The lowest BCUT2D eigenvalue weighted by molar-refractivity contribution is -0.377. The smallest absolute Gasteiger partial charge is 0.462 e. The van der Waals surface area contributed by atoms with Gasteiger partial charge < -0.3 is 145 Å². The van der Waals surface area contributed by atoms with Gasteiger partial charge in [0.25, 0.3) is 0 Å². The van der Waals surface area contributed by atoms with E-state index in [-0.39, 0.29) is 19.4 Å². The summed E-state index contributed by atoms with van der Waals surface area (Å²) in [6.07, 6.45) is -17.9. The highest BCUT2D eigenvalue weighted by Gasteiger charge is 2.58. The minimum absolute atomic E-state index is 0.0213. The molecular formula is C71H130N2O35P2. The van der Waals surface area contributed by atoms with E-state index in [1.165, 1.54) is 77.0 Å². The van der Waals surface area contributed by atoms with Crippen LogP contribution in [0.4, 0.5) is 0 Å². The van der Waals surface area contributed by atoms with Crippen molar-refractivity contribution in [3.05, 3.63) is 24.3 Å². The maximum absolute atomic E-state index is 13.9. The first-order valence-corrected chi connectivity index (χ1v) is 42.2. The molecule has 0 bridgehead atoms. The molecule has 0 radical (unpaired) electrons. The van der Waals surface area contributed by atoms with Crippen molar-refractivity contribution in [3.63, 3.8) is 0 Å². The van der Waals surface area contributed by atoms with Gasteiger partial charge in [0.1, 0.15) is 135 Å². The third-order valence-corrected chi connectivity index (χ3v) is 21.8. The molecule has 5 rings (SSSR count). The SMILES string of the molecule is CCCCCCCC/C=C\CCCCCCCC(=O)OC[C@H](COP(=O)(O)O[C@@H]1[C@H](O)[C@H](O)[C@@H](O)[C@H](O)[C@H]1O[C@H]1O[C@H](CO)[C@@H](O[C@H]2O[C@H](CO[C@H]3O[C@H](CO)[C@@H](O)[C@H](O)[C@@H]3O[C@H]3O[C@H](COP(=O)(O)OCCN)[C@@H](O)[C@H](O)[C@@H]3O)[C@@H](O)[C@H](O)[C@@H]2O)[C@H](O)[C@H]1N)OC(=O)CCCCCCC/C=C\CCCCCCCC. The van der Waals surface area contributed by atoms with Crippen molar-refractivity contribution in [1.29, 1.82) is 0 Å². The zero-order chi connectivity index (χ0) is 80.9. The first-order chi connectivity index (χ1) is 52.5. The Bertz CT molecular complexity index is 2670. The Morgan fingerprint density at radius 1 is 0.409 bits per heavy atom. The fourth-order valence-corrected chi connectivity index (χ4v) is 14.9. The Morgan fingerprint density at radius 3 is 1.32 bits per heavy atom. The number of unbranched alkanes of at least 4 members (excludes halogenated alkanes) is 22. The Labute approximate surface area is 643 Å². The second-order valence-corrected chi connectivity index (χ2v) is 31.7. The van der Waals surface area contributed by atoms with Gasteiger partial charge in [-0.2, -0.15) is 0 Å². The molecule has 0 aromatic rings. The fraction of sp³-hybridized carbons (Fsp3) is 0.915. The molecule has 4 aliphatic heterocycles. The van der Waals surface area contributed by atoms with Crippen LogP contribution in [0.2, 0.25) is 0 Å². The number of nitrogens with two attached hydrogens (primary N) is 2. The number of aliphatic hydroxyl groups excluding tert-OH is 15. The van der Waals surface area contributed by atoms with Crippen molar-refractivity contribution in [3.8, 4) is 0 Å². The highest BCUT2D eigenvalue weighted by molar-refractivity contribution is 7.47. The van der Waals surface area contributed by atoms with Gasteiger partial charge >= 0.3 is 27.6 Å². The van der Waals surface area contributed by atoms with Gasteiger partial charge in [-0.15, -0.1) is 0 Å². The molecule has 0 amide bonds. The highest BCUT2D eigenvalue weighted by Crippen LogP contribution is 2.48. The standard InChI is InChI=1S/C71H130N2O35P2/c1-3-5-7-9-11-13-15-17-19-21-23-25-27-29-31-33-48(76)95-39-43(100-49(77)34-32-30-28-26-24-22-20-18-16-14-12-10-8-6-4-2)40-98-110(93,94)108-66-61(88)58(85)57(84)60(87)65(66)106-68-50(73)54(81)64(45(38-75)102-68)105-69-62(89)55(82)52(79)46(103-69)41-96-71-67(59(86)51(78)44(37-74)101-71)107-70-63(90)56(83)53(80)47(104-70)42-99-109(91,92)97-36-35-72/h17-20,43-47,50-71,74-75,78-90H,3-16,21-42,72-73H2,1-2H3,(H,91,92)(H,93,94)/b19-17-,20-18-/t43-,44-,45-,46-,47-,50-,51-,52-,53-,54-,55+,56+,57-,58-,59+,60+,61-,62+,63+,64-,65-,66-,67+,68-,69-,70-,71+/m1/s1. The molecule has 37 nitrogen and oxygen atoms in total. The molecule has 29 atom stereocenters. The van der Waals surface area contributed by atoms with Crippen LogP contribution < -0.4 is 11.5 Å². The summed E-state index contributed by atoms with van der Waals surface area (Å²) in [5.74, 6) is -1.38. The zero-order valence-corrected chi connectivity index (χ0v) is 65.1. The van der Waals surface area contributed by atoms with E-state index in [0.717, 1.165) is 70.6 Å². The van der Waals surface area contributed by atoms with Gasteiger partial charge in [0.2, 0.25) is 0 Å². The number of ether oxygens (including phenoxy) is 10. The molecule has 1 aliphatic carbocycles. The van der Waals surface area contributed by atoms with E-state index in [1.54, 1.807) is 0 Å². The van der Waals surface area contributed by atoms with Gasteiger partial charge in [0.15, 0.2) is 31.3 Å².